The van der Waals surface area contributed by atoms with E-state index in [1.54, 1.807) is 4.90 Å². The average Bonchev–Trinajstić information content (AvgIpc) is 3.03. The van der Waals surface area contributed by atoms with E-state index in [2.05, 4.69) is 17.4 Å². The van der Waals surface area contributed by atoms with Crippen LogP contribution >= 0.6 is 0 Å². The second kappa shape index (κ2) is 7.29. The summed E-state index contributed by atoms with van der Waals surface area (Å²) in [6.07, 6.45) is 2.71. The number of hydrogen-bond donors (Lipinski definition) is 2. The smallest absolute Gasteiger partial charge is 0.280 e. The summed E-state index contributed by atoms with van der Waals surface area (Å²) in [7, 11) is 0. The van der Waals surface area contributed by atoms with Crippen molar-refractivity contribution in [3.05, 3.63) is 22.2 Å². The third-order valence-corrected chi connectivity index (χ3v) is 4.00. The first kappa shape index (κ1) is 16.3. The molecule has 2 heterocycles. The van der Waals surface area contributed by atoms with Crippen LogP contribution in [0.5, 0.6) is 0 Å². The first-order valence-corrected chi connectivity index (χ1v) is 7.72. The third-order valence-electron chi connectivity index (χ3n) is 4.00. The summed E-state index contributed by atoms with van der Waals surface area (Å²) < 4.78 is 4.95. The van der Waals surface area contributed by atoms with Gasteiger partial charge >= 0.3 is 0 Å². The lowest BCUT2D eigenvalue weighted by atomic mass is 9.98. The van der Waals surface area contributed by atoms with E-state index in [0.29, 0.717) is 37.6 Å². The zero-order valence-corrected chi connectivity index (χ0v) is 13.1. The van der Waals surface area contributed by atoms with Crippen molar-refractivity contribution in [3.8, 4) is 0 Å². The number of aromatic amines is 1. The Morgan fingerprint density at radius 3 is 2.82 bits per heavy atom. The van der Waals surface area contributed by atoms with Crippen molar-refractivity contribution in [1.29, 1.82) is 0 Å². The Labute approximate surface area is 129 Å². The molecule has 1 saturated heterocycles. The number of rotatable bonds is 6. The maximum atomic E-state index is 12.3. The minimum Gasteiger partial charge on any atom is -0.384 e. The molecule has 0 unspecified atom stereocenters. The Bertz CT molecular complexity index is 577. The van der Waals surface area contributed by atoms with Gasteiger partial charge in [-0.05, 0) is 12.3 Å². The van der Waals surface area contributed by atoms with Crippen LogP contribution in [-0.4, -0.2) is 41.0 Å². The van der Waals surface area contributed by atoms with Gasteiger partial charge in [0.05, 0.1) is 6.04 Å². The van der Waals surface area contributed by atoms with E-state index in [1.807, 2.05) is 0 Å². The quantitative estimate of drug-likeness (QED) is 0.807. The van der Waals surface area contributed by atoms with Crippen molar-refractivity contribution in [2.75, 3.05) is 13.1 Å². The van der Waals surface area contributed by atoms with Crippen LogP contribution in [0.4, 0.5) is 0 Å². The highest BCUT2D eigenvalue weighted by atomic mass is 16.5. The fourth-order valence-corrected chi connectivity index (χ4v) is 3.00. The zero-order valence-electron chi connectivity index (χ0n) is 13.1. The molecule has 1 aromatic heterocycles. The molecule has 1 aromatic rings. The molecule has 7 nitrogen and oxygen atoms in total. The van der Waals surface area contributed by atoms with E-state index in [0.717, 1.165) is 12.8 Å². The Hall–Kier alpha value is -2.05. The molecule has 0 bridgehead atoms. The predicted octanol–water partition coefficient (Wildman–Crippen LogP) is 0.664. The van der Waals surface area contributed by atoms with Crippen LogP contribution in [0, 0.1) is 5.92 Å². The highest BCUT2D eigenvalue weighted by Gasteiger charge is 2.34. The molecule has 22 heavy (non-hydrogen) atoms. The molecule has 0 aliphatic carbocycles. The van der Waals surface area contributed by atoms with Crippen molar-refractivity contribution in [3.63, 3.8) is 0 Å². The van der Waals surface area contributed by atoms with Crippen LogP contribution in [0.3, 0.4) is 0 Å². The van der Waals surface area contributed by atoms with Gasteiger partial charge in [-0.1, -0.05) is 13.3 Å². The average molecular weight is 309 g/mol. The molecule has 0 aromatic carbocycles. The first-order valence-electron chi connectivity index (χ1n) is 7.72. The lowest BCUT2D eigenvalue weighted by molar-refractivity contribution is -0.130. The number of H-pyrrole nitrogens is 1. The number of amides is 2. The third kappa shape index (κ3) is 4.22. The summed E-state index contributed by atoms with van der Waals surface area (Å²) in [5.74, 6) is 0.761. The topological polar surface area (TPSA) is 95.4 Å². The first-order chi connectivity index (χ1) is 10.5. The molecule has 1 aliphatic rings. The molecule has 1 aliphatic heterocycles. The van der Waals surface area contributed by atoms with Crippen LogP contribution < -0.4 is 10.9 Å². The summed E-state index contributed by atoms with van der Waals surface area (Å²) in [6, 6.07) is 1.39. The second-order valence-electron chi connectivity index (χ2n) is 5.83. The SMILES string of the molecule is CCC[C@@H]1CN(C(=O)CCc2cc(=O)[nH]o2)C[C@H]1NC(C)=O. The van der Waals surface area contributed by atoms with Gasteiger partial charge < -0.3 is 14.7 Å². The van der Waals surface area contributed by atoms with E-state index in [9.17, 15) is 14.4 Å². The van der Waals surface area contributed by atoms with Crippen molar-refractivity contribution >= 4 is 11.8 Å². The molecule has 2 rings (SSSR count). The summed E-state index contributed by atoms with van der Waals surface area (Å²) in [6.45, 7) is 4.83. The van der Waals surface area contributed by atoms with Gasteiger partial charge in [-0.2, -0.15) is 5.16 Å². The van der Waals surface area contributed by atoms with Crippen LogP contribution in [0.1, 0.15) is 38.9 Å². The Balaban J connectivity index is 1.89. The Morgan fingerprint density at radius 1 is 1.45 bits per heavy atom. The number of carbonyl (C=O) groups excluding carboxylic acids is 2. The van der Waals surface area contributed by atoms with Gasteiger partial charge in [0.25, 0.3) is 5.56 Å². The highest BCUT2D eigenvalue weighted by Crippen LogP contribution is 2.22. The summed E-state index contributed by atoms with van der Waals surface area (Å²) in [5, 5.41) is 5.15. The van der Waals surface area contributed by atoms with Crippen molar-refractivity contribution in [2.45, 2.75) is 45.6 Å². The predicted molar refractivity (Wildman–Crippen MR) is 80.2 cm³/mol. The summed E-state index contributed by atoms with van der Waals surface area (Å²) in [5.41, 5.74) is -0.294. The summed E-state index contributed by atoms with van der Waals surface area (Å²) >= 11 is 0. The van der Waals surface area contributed by atoms with Crippen LogP contribution in [-0.2, 0) is 16.0 Å². The molecular formula is C15H23N3O4. The zero-order chi connectivity index (χ0) is 16.1. The molecular weight excluding hydrogens is 286 g/mol. The van der Waals surface area contributed by atoms with E-state index in [4.69, 9.17) is 4.52 Å². The molecule has 2 amide bonds. The lowest BCUT2D eigenvalue weighted by Crippen LogP contribution is -2.39. The number of carbonyl (C=O) groups is 2. The number of likely N-dealkylation sites (tertiary alicyclic amines) is 1. The van der Waals surface area contributed by atoms with Crippen molar-refractivity contribution in [2.24, 2.45) is 5.92 Å². The molecule has 7 heteroatoms. The normalized spacial score (nSPS) is 21.1. The molecule has 0 spiro atoms. The molecule has 1 fully saturated rings. The minimum atomic E-state index is -0.294. The fourth-order valence-electron chi connectivity index (χ4n) is 3.00. The maximum absolute atomic E-state index is 12.3. The monoisotopic (exact) mass is 309 g/mol. The highest BCUT2D eigenvalue weighted by molar-refractivity contribution is 5.77. The number of hydrogen-bond acceptors (Lipinski definition) is 4. The Morgan fingerprint density at radius 2 is 2.23 bits per heavy atom. The van der Waals surface area contributed by atoms with Crippen molar-refractivity contribution in [1.82, 2.24) is 15.4 Å². The maximum Gasteiger partial charge on any atom is 0.280 e. The number of nitrogens with one attached hydrogen (secondary N) is 2. The molecule has 0 saturated carbocycles. The number of aryl methyl sites for hydroxylation is 1. The van der Waals surface area contributed by atoms with Crippen LogP contribution in [0.15, 0.2) is 15.4 Å². The second-order valence-corrected chi connectivity index (χ2v) is 5.83. The van der Waals surface area contributed by atoms with Gasteiger partial charge in [0.1, 0.15) is 5.76 Å². The van der Waals surface area contributed by atoms with Gasteiger partial charge in [-0.3, -0.25) is 14.4 Å². The fraction of sp³-hybridized carbons (Fsp3) is 0.667. The molecule has 2 atom stereocenters. The molecule has 122 valence electrons. The van der Waals surface area contributed by atoms with E-state index < -0.39 is 0 Å². The van der Waals surface area contributed by atoms with Gasteiger partial charge in [-0.25, -0.2) is 0 Å². The van der Waals surface area contributed by atoms with E-state index in [-0.39, 0.29) is 23.4 Å². The van der Waals surface area contributed by atoms with Crippen molar-refractivity contribution < 1.29 is 14.1 Å². The van der Waals surface area contributed by atoms with Crippen LogP contribution in [0.2, 0.25) is 0 Å². The minimum absolute atomic E-state index is 0.0257. The standard InChI is InChI=1S/C15H23N3O4/c1-3-4-11-8-18(9-13(11)16-10(2)19)15(21)6-5-12-7-14(20)17-22-12/h7,11,13H,3-6,8-9H2,1-2H3,(H,16,19)(H,17,20)/t11-,13-/m1/s1. The van der Waals surface area contributed by atoms with Gasteiger partial charge in [0, 0.05) is 38.9 Å². The van der Waals surface area contributed by atoms with Gasteiger partial charge in [-0.15, -0.1) is 0 Å². The number of aromatic nitrogens is 1. The Kier molecular flexibility index (Phi) is 5.41. The van der Waals surface area contributed by atoms with E-state index >= 15 is 0 Å². The lowest BCUT2D eigenvalue weighted by Gasteiger charge is -2.17. The van der Waals surface area contributed by atoms with Crippen LogP contribution in [0.25, 0.3) is 0 Å². The summed E-state index contributed by atoms with van der Waals surface area (Å²) in [4.78, 5) is 36.3. The van der Waals surface area contributed by atoms with E-state index in [1.165, 1.54) is 13.0 Å². The number of nitrogens with zero attached hydrogens (tertiary/aromatic N) is 1. The van der Waals surface area contributed by atoms with Gasteiger partial charge in [0.2, 0.25) is 11.8 Å². The molecule has 2 N–H and O–H groups in total. The largest absolute Gasteiger partial charge is 0.384 e. The molecule has 0 radical (unpaired) electrons. The van der Waals surface area contributed by atoms with Gasteiger partial charge in [0.15, 0.2) is 0 Å².